The fraction of sp³-hybridized carbons (Fsp3) is 0.571. The topological polar surface area (TPSA) is 15.3 Å². The summed E-state index contributed by atoms with van der Waals surface area (Å²) in [5.41, 5.74) is 0.163. The van der Waals surface area contributed by atoms with Gasteiger partial charge >= 0.3 is 6.18 Å². The average Bonchev–Trinajstić information content (AvgIpc) is 2.54. The molecule has 1 fully saturated rings. The van der Waals surface area contributed by atoms with Crippen LogP contribution in [0, 0.1) is 0 Å². The van der Waals surface area contributed by atoms with E-state index in [-0.39, 0.29) is 0 Å². The molecule has 1 aliphatic heterocycles. The fourth-order valence-corrected chi connectivity index (χ4v) is 2.32. The first-order chi connectivity index (χ1) is 8.95. The van der Waals surface area contributed by atoms with Gasteiger partial charge < -0.3 is 5.32 Å². The third-order valence-electron chi connectivity index (χ3n) is 3.46. The largest absolute Gasteiger partial charge is 0.416 e. The minimum Gasteiger partial charge on any atom is -0.313 e. The molecule has 0 bridgehead atoms. The van der Waals surface area contributed by atoms with Crippen LogP contribution in [-0.4, -0.2) is 30.6 Å². The lowest BCUT2D eigenvalue weighted by Crippen LogP contribution is -2.28. The van der Waals surface area contributed by atoms with Crippen LogP contribution < -0.4 is 5.32 Å². The molecular formula is C14H19F3N2. The highest BCUT2D eigenvalue weighted by Gasteiger charge is 2.30. The summed E-state index contributed by atoms with van der Waals surface area (Å²) in [5.74, 6) is 0. The van der Waals surface area contributed by atoms with Gasteiger partial charge in [-0.15, -0.1) is 0 Å². The van der Waals surface area contributed by atoms with Crippen LogP contribution in [0.3, 0.4) is 0 Å². The van der Waals surface area contributed by atoms with Gasteiger partial charge in [-0.1, -0.05) is 18.2 Å². The highest BCUT2D eigenvalue weighted by molar-refractivity contribution is 5.25. The zero-order valence-corrected chi connectivity index (χ0v) is 11.0. The van der Waals surface area contributed by atoms with E-state index in [1.54, 1.807) is 6.07 Å². The molecule has 2 rings (SSSR count). The van der Waals surface area contributed by atoms with Crippen LogP contribution in [0.5, 0.6) is 0 Å². The Morgan fingerprint density at radius 2 is 2.11 bits per heavy atom. The number of rotatable bonds is 2. The van der Waals surface area contributed by atoms with Crippen molar-refractivity contribution in [3.63, 3.8) is 0 Å². The lowest BCUT2D eigenvalue weighted by Gasteiger charge is -2.20. The molecule has 1 aromatic rings. The second-order valence-electron chi connectivity index (χ2n) is 5.12. The van der Waals surface area contributed by atoms with Crippen LogP contribution in [0.4, 0.5) is 13.2 Å². The Labute approximate surface area is 111 Å². The number of halogens is 3. The van der Waals surface area contributed by atoms with Crippen LogP contribution in [-0.2, 0) is 12.7 Å². The van der Waals surface area contributed by atoms with Gasteiger partial charge in [-0.3, -0.25) is 4.90 Å². The van der Waals surface area contributed by atoms with Gasteiger partial charge in [0, 0.05) is 32.2 Å². The summed E-state index contributed by atoms with van der Waals surface area (Å²) in [6.07, 6.45) is -3.23. The molecule has 0 saturated carbocycles. The van der Waals surface area contributed by atoms with Crippen molar-refractivity contribution in [2.75, 3.05) is 19.6 Å². The first-order valence-corrected chi connectivity index (χ1v) is 6.57. The number of hydrogen-bond donors (Lipinski definition) is 1. The van der Waals surface area contributed by atoms with E-state index in [4.69, 9.17) is 0 Å². The Bertz CT molecular complexity index is 417. The van der Waals surface area contributed by atoms with Crippen molar-refractivity contribution in [1.29, 1.82) is 0 Å². The summed E-state index contributed by atoms with van der Waals surface area (Å²) in [5, 5.41) is 3.37. The second-order valence-corrected chi connectivity index (χ2v) is 5.12. The van der Waals surface area contributed by atoms with Crippen LogP contribution >= 0.6 is 0 Å². The third kappa shape index (κ3) is 4.21. The molecular weight excluding hydrogens is 253 g/mol. The van der Waals surface area contributed by atoms with Gasteiger partial charge in [0.2, 0.25) is 0 Å². The molecule has 1 heterocycles. The highest BCUT2D eigenvalue weighted by atomic mass is 19.4. The standard InChI is InChI=1S/C14H19F3N2/c1-11-5-7-19(8-6-18-11)10-12-3-2-4-13(9-12)14(15,16)17/h2-4,9,11,18H,5-8,10H2,1H3. The second kappa shape index (κ2) is 5.92. The molecule has 5 heteroatoms. The molecule has 106 valence electrons. The number of alkyl halides is 3. The molecule has 1 unspecified atom stereocenters. The van der Waals surface area contributed by atoms with E-state index < -0.39 is 11.7 Å². The zero-order chi connectivity index (χ0) is 13.9. The molecule has 0 aromatic heterocycles. The van der Waals surface area contributed by atoms with Crippen molar-refractivity contribution in [3.05, 3.63) is 35.4 Å². The van der Waals surface area contributed by atoms with Gasteiger partial charge in [0.15, 0.2) is 0 Å². The van der Waals surface area contributed by atoms with Crippen LogP contribution in [0.2, 0.25) is 0 Å². The maximum Gasteiger partial charge on any atom is 0.416 e. The minimum absolute atomic E-state index is 0.478. The quantitative estimate of drug-likeness (QED) is 0.890. The first-order valence-electron chi connectivity index (χ1n) is 6.57. The molecule has 1 aromatic carbocycles. The molecule has 0 aliphatic carbocycles. The molecule has 2 nitrogen and oxygen atoms in total. The predicted molar refractivity (Wildman–Crippen MR) is 68.8 cm³/mol. The third-order valence-corrected chi connectivity index (χ3v) is 3.46. The molecule has 0 amide bonds. The number of nitrogens with one attached hydrogen (secondary N) is 1. The first kappa shape index (κ1) is 14.3. The molecule has 1 saturated heterocycles. The number of benzene rings is 1. The summed E-state index contributed by atoms with van der Waals surface area (Å²) in [7, 11) is 0. The Morgan fingerprint density at radius 3 is 2.84 bits per heavy atom. The van der Waals surface area contributed by atoms with E-state index in [1.807, 2.05) is 0 Å². The van der Waals surface area contributed by atoms with E-state index >= 15 is 0 Å². The monoisotopic (exact) mass is 272 g/mol. The summed E-state index contributed by atoms with van der Waals surface area (Å²) in [6, 6.07) is 6.09. The van der Waals surface area contributed by atoms with E-state index in [9.17, 15) is 13.2 Å². The maximum atomic E-state index is 12.6. The Hall–Kier alpha value is -1.07. The van der Waals surface area contributed by atoms with E-state index in [0.717, 1.165) is 37.7 Å². The normalized spacial score (nSPS) is 22.2. The van der Waals surface area contributed by atoms with Gasteiger partial charge in [-0.05, 0) is 25.0 Å². The molecule has 1 N–H and O–H groups in total. The van der Waals surface area contributed by atoms with E-state index in [2.05, 4.69) is 17.1 Å². The zero-order valence-electron chi connectivity index (χ0n) is 11.0. The summed E-state index contributed by atoms with van der Waals surface area (Å²) in [4.78, 5) is 2.20. The molecule has 1 atom stereocenters. The minimum atomic E-state index is -4.26. The summed E-state index contributed by atoms with van der Waals surface area (Å²) >= 11 is 0. The highest BCUT2D eigenvalue weighted by Crippen LogP contribution is 2.29. The van der Waals surface area contributed by atoms with Crippen molar-refractivity contribution in [1.82, 2.24) is 10.2 Å². The predicted octanol–water partition coefficient (Wildman–Crippen LogP) is 2.89. The molecule has 19 heavy (non-hydrogen) atoms. The maximum absolute atomic E-state index is 12.6. The van der Waals surface area contributed by atoms with E-state index in [1.165, 1.54) is 12.1 Å². The number of nitrogens with zero attached hydrogens (tertiary/aromatic N) is 1. The fourth-order valence-electron chi connectivity index (χ4n) is 2.32. The summed E-state index contributed by atoms with van der Waals surface area (Å²) < 4.78 is 37.9. The SMILES string of the molecule is CC1CCN(Cc2cccc(C(F)(F)F)c2)CCN1. The Morgan fingerprint density at radius 1 is 1.32 bits per heavy atom. The van der Waals surface area contributed by atoms with Crippen molar-refractivity contribution < 1.29 is 13.2 Å². The van der Waals surface area contributed by atoms with Gasteiger partial charge in [0.1, 0.15) is 0 Å². The van der Waals surface area contributed by atoms with Crippen LogP contribution in [0.15, 0.2) is 24.3 Å². The van der Waals surface area contributed by atoms with Gasteiger partial charge in [0.25, 0.3) is 0 Å². The molecule has 1 aliphatic rings. The van der Waals surface area contributed by atoms with Crippen molar-refractivity contribution in [2.24, 2.45) is 0 Å². The van der Waals surface area contributed by atoms with Gasteiger partial charge in [0.05, 0.1) is 5.56 Å². The van der Waals surface area contributed by atoms with Crippen molar-refractivity contribution in [3.8, 4) is 0 Å². The smallest absolute Gasteiger partial charge is 0.313 e. The number of hydrogen-bond acceptors (Lipinski definition) is 2. The van der Waals surface area contributed by atoms with Gasteiger partial charge in [-0.25, -0.2) is 0 Å². The molecule has 0 radical (unpaired) electrons. The Balaban J connectivity index is 2.02. The summed E-state index contributed by atoms with van der Waals surface area (Å²) in [6.45, 7) is 5.40. The van der Waals surface area contributed by atoms with E-state index in [0.29, 0.717) is 12.6 Å². The van der Waals surface area contributed by atoms with Gasteiger partial charge in [-0.2, -0.15) is 13.2 Å². The average molecular weight is 272 g/mol. The molecule has 0 spiro atoms. The van der Waals surface area contributed by atoms with Crippen LogP contribution in [0.1, 0.15) is 24.5 Å². The lowest BCUT2D eigenvalue weighted by atomic mass is 10.1. The van der Waals surface area contributed by atoms with Crippen molar-refractivity contribution >= 4 is 0 Å². The van der Waals surface area contributed by atoms with Crippen LogP contribution in [0.25, 0.3) is 0 Å². The van der Waals surface area contributed by atoms with Crippen molar-refractivity contribution in [2.45, 2.75) is 32.1 Å². The Kier molecular flexibility index (Phi) is 4.47. The lowest BCUT2D eigenvalue weighted by molar-refractivity contribution is -0.137.